The van der Waals surface area contributed by atoms with Gasteiger partial charge < -0.3 is 4.74 Å². The van der Waals surface area contributed by atoms with Crippen LogP contribution in [0.1, 0.15) is 17.4 Å². The second-order valence-electron chi connectivity index (χ2n) is 4.65. The first-order valence-electron chi connectivity index (χ1n) is 6.30. The van der Waals surface area contributed by atoms with Crippen molar-refractivity contribution < 1.29 is 9.53 Å². The largest absolute Gasteiger partial charge is 0.485 e. The van der Waals surface area contributed by atoms with Gasteiger partial charge in [-0.05, 0) is 19.1 Å². The Kier molecular flexibility index (Phi) is 3.69. The molecule has 2 heterocycles. The molecule has 21 heavy (non-hydrogen) atoms. The summed E-state index contributed by atoms with van der Waals surface area (Å²) in [4.78, 5) is 22.0. The summed E-state index contributed by atoms with van der Waals surface area (Å²) in [6.45, 7) is 2.26. The number of carbonyl (C=O) groups excluding carboxylic acids is 1. The van der Waals surface area contributed by atoms with Crippen molar-refractivity contribution in [2.75, 3.05) is 11.4 Å². The Labute approximate surface area is 131 Å². The highest BCUT2D eigenvalue weighted by Gasteiger charge is 2.31. The lowest BCUT2D eigenvalue weighted by molar-refractivity contribution is 0.0956. The van der Waals surface area contributed by atoms with Crippen LogP contribution in [-0.4, -0.2) is 28.5 Å². The average Bonchev–Trinajstić information content (AvgIpc) is 2.47. The van der Waals surface area contributed by atoms with Gasteiger partial charge in [0.1, 0.15) is 12.4 Å². The van der Waals surface area contributed by atoms with Crippen LogP contribution in [0.5, 0.6) is 5.75 Å². The van der Waals surface area contributed by atoms with Crippen molar-refractivity contribution in [1.29, 1.82) is 0 Å². The van der Waals surface area contributed by atoms with Crippen molar-refractivity contribution in [2.24, 2.45) is 0 Å². The molecule has 0 saturated heterocycles. The van der Waals surface area contributed by atoms with E-state index in [0.29, 0.717) is 23.0 Å². The lowest BCUT2D eigenvalue weighted by atomic mass is 10.2. The van der Waals surface area contributed by atoms with E-state index in [2.05, 4.69) is 9.97 Å². The van der Waals surface area contributed by atoms with E-state index in [1.165, 1.54) is 12.5 Å². The summed E-state index contributed by atoms with van der Waals surface area (Å²) < 4.78 is 5.72. The third kappa shape index (κ3) is 2.54. The maximum Gasteiger partial charge on any atom is 0.278 e. The number of ether oxygens (including phenoxy) is 1. The lowest BCUT2D eigenvalue weighted by Crippen LogP contribution is -2.42. The Balaban J connectivity index is 2.06. The van der Waals surface area contributed by atoms with Gasteiger partial charge in [-0.25, -0.2) is 9.97 Å². The number of aromatic nitrogens is 2. The van der Waals surface area contributed by atoms with Gasteiger partial charge in [0.2, 0.25) is 0 Å². The number of rotatable bonds is 1. The minimum absolute atomic E-state index is 0.159. The SMILES string of the molecule is C[C@H]1CN(C(=O)c2ncncc2Cl)c2cccc(Cl)c2O1. The summed E-state index contributed by atoms with van der Waals surface area (Å²) in [6.07, 6.45) is 2.51. The lowest BCUT2D eigenvalue weighted by Gasteiger charge is -2.33. The molecule has 1 aliphatic heterocycles. The molecule has 0 fully saturated rings. The van der Waals surface area contributed by atoms with E-state index in [0.717, 1.165) is 0 Å². The van der Waals surface area contributed by atoms with E-state index in [9.17, 15) is 4.79 Å². The normalized spacial score (nSPS) is 17.1. The molecule has 1 aromatic carbocycles. The van der Waals surface area contributed by atoms with Gasteiger partial charge in [-0.2, -0.15) is 0 Å². The quantitative estimate of drug-likeness (QED) is 0.808. The minimum atomic E-state index is -0.305. The molecular formula is C14H11Cl2N3O2. The molecule has 0 aliphatic carbocycles. The zero-order valence-electron chi connectivity index (χ0n) is 11.1. The zero-order valence-corrected chi connectivity index (χ0v) is 12.6. The molecule has 1 aliphatic rings. The number of para-hydroxylation sites is 1. The third-order valence-corrected chi connectivity index (χ3v) is 3.69. The minimum Gasteiger partial charge on any atom is -0.485 e. The highest BCUT2D eigenvalue weighted by Crippen LogP contribution is 2.39. The fourth-order valence-electron chi connectivity index (χ4n) is 2.21. The summed E-state index contributed by atoms with van der Waals surface area (Å²) in [5, 5.41) is 0.677. The predicted molar refractivity (Wildman–Crippen MR) is 80.3 cm³/mol. The first-order valence-corrected chi connectivity index (χ1v) is 7.06. The fourth-order valence-corrected chi connectivity index (χ4v) is 2.61. The molecular weight excluding hydrogens is 313 g/mol. The molecule has 0 spiro atoms. The zero-order chi connectivity index (χ0) is 15.0. The maximum atomic E-state index is 12.7. The van der Waals surface area contributed by atoms with Gasteiger partial charge in [-0.1, -0.05) is 29.3 Å². The molecule has 0 N–H and O–H groups in total. The van der Waals surface area contributed by atoms with Crippen molar-refractivity contribution in [3.05, 3.63) is 46.5 Å². The summed E-state index contributed by atoms with van der Waals surface area (Å²) >= 11 is 12.1. The first-order chi connectivity index (χ1) is 10.1. The number of hydrogen-bond acceptors (Lipinski definition) is 4. The molecule has 5 nitrogen and oxygen atoms in total. The van der Waals surface area contributed by atoms with Crippen LogP contribution in [0.15, 0.2) is 30.7 Å². The summed E-state index contributed by atoms with van der Waals surface area (Å²) in [6, 6.07) is 5.27. The van der Waals surface area contributed by atoms with Crippen molar-refractivity contribution in [3.8, 4) is 5.75 Å². The Morgan fingerprint density at radius 2 is 2.19 bits per heavy atom. The summed E-state index contributed by atoms with van der Waals surface area (Å²) in [7, 11) is 0. The standard InChI is InChI=1S/C14H11Cl2N3O2/c1-8-6-19(11-4-2-3-9(15)13(11)21-8)14(20)12-10(16)5-17-7-18-12/h2-5,7-8H,6H2,1H3/t8-/m0/s1. The van der Waals surface area contributed by atoms with E-state index in [4.69, 9.17) is 27.9 Å². The van der Waals surface area contributed by atoms with Gasteiger partial charge in [0.25, 0.3) is 5.91 Å². The molecule has 0 saturated carbocycles. The molecule has 2 aromatic rings. The van der Waals surface area contributed by atoms with E-state index < -0.39 is 0 Å². The number of nitrogens with zero attached hydrogens (tertiary/aromatic N) is 3. The van der Waals surface area contributed by atoms with Crippen LogP contribution in [0, 0.1) is 0 Å². The average molecular weight is 324 g/mol. The smallest absolute Gasteiger partial charge is 0.278 e. The third-order valence-electron chi connectivity index (χ3n) is 3.11. The number of halogens is 2. The van der Waals surface area contributed by atoms with Crippen LogP contribution in [-0.2, 0) is 0 Å². The molecule has 1 aromatic heterocycles. The molecule has 0 bridgehead atoms. The Morgan fingerprint density at radius 3 is 2.95 bits per heavy atom. The Hall–Kier alpha value is -1.85. The number of amides is 1. The van der Waals surface area contributed by atoms with E-state index in [-0.39, 0.29) is 22.7 Å². The van der Waals surface area contributed by atoms with E-state index >= 15 is 0 Å². The fraction of sp³-hybridized carbons (Fsp3) is 0.214. The first kappa shape index (κ1) is 14.1. The Morgan fingerprint density at radius 1 is 1.38 bits per heavy atom. The second-order valence-corrected chi connectivity index (χ2v) is 5.47. The molecule has 1 amide bonds. The van der Waals surface area contributed by atoms with Crippen LogP contribution in [0.3, 0.4) is 0 Å². The number of carbonyl (C=O) groups is 1. The highest BCUT2D eigenvalue weighted by molar-refractivity contribution is 6.34. The summed E-state index contributed by atoms with van der Waals surface area (Å²) in [5.41, 5.74) is 0.770. The van der Waals surface area contributed by atoms with E-state index in [1.54, 1.807) is 23.1 Å². The van der Waals surface area contributed by atoms with Crippen LogP contribution >= 0.6 is 23.2 Å². The van der Waals surface area contributed by atoms with Crippen molar-refractivity contribution in [3.63, 3.8) is 0 Å². The number of hydrogen-bond donors (Lipinski definition) is 0. The molecule has 108 valence electrons. The van der Waals surface area contributed by atoms with Crippen LogP contribution in [0.2, 0.25) is 10.0 Å². The van der Waals surface area contributed by atoms with Crippen molar-refractivity contribution in [1.82, 2.24) is 9.97 Å². The van der Waals surface area contributed by atoms with Gasteiger partial charge >= 0.3 is 0 Å². The highest BCUT2D eigenvalue weighted by atomic mass is 35.5. The summed E-state index contributed by atoms with van der Waals surface area (Å²) in [5.74, 6) is 0.192. The van der Waals surface area contributed by atoms with Crippen LogP contribution in [0.25, 0.3) is 0 Å². The van der Waals surface area contributed by atoms with Gasteiger partial charge in [0.05, 0.1) is 22.3 Å². The van der Waals surface area contributed by atoms with Crippen LogP contribution < -0.4 is 9.64 Å². The second kappa shape index (κ2) is 5.50. The molecule has 3 rings (SSSR count). The topological polar surface area (TPSA) is 55.3 Å². The monoisotopic (exact) mass is 323 g/mol. The van der Waals surface area contributed by atoms with Crippen molar-refractivity contribution >= 4 is 34.8 Å². The number of anilines is 1. The van der Waals surface area contributed by atoms with Crippen molar-refractivity contribution in [2.45, 2.75) is 13.0 Å². The number of benzene rings is 1. The molecule has 7 heteroatoms. The van der Waals surface area contributed by atoms with Gasteiger partial charge in [0, 0.05) is 6.20 Å². The Bertz CT molecular complexity index is 708. The van der Waals surface area contributed by atoms with Gasteiger partial charge in [0.15, 0.2) is 11.4 Å². The van der Waals surface area contributed by atoms with Gasteiger partial charge in [-0.15, -0.1) is 0 Å². The van der Waals surface area contributed by atoms with Gasteiger partial charge in [-0.3, -0.25) is 9.69 Å². The number of fused-ring (bicyclic) bond motifs is 1. The molecule has 0 unspecified atom stereocenters. The molecule has 0 radical (unpaired) electrons. The predicted octanol–water partition coefficient (Wildman–Crippen LogP) is 3.21. The van der Waals surface area contributed by atoms with E-state index in [1.807, 2.05) is 6.92 Å². The molecule has 1 atom stereocenters. The van der Waals surface area contributed by atoms with Crippen LogP contribution in [0.4, 0.5) is 5.69 Å². The maximum absolute atomic E-state index is 12.7.